The highest BCUT2D eigenvalue weighted by Crippen LogP contribution is 2.23. The van der Waals surface area contributed by atoms with Crippen molar-refractivity contribution in [2.75, 3.05) is 7.11 Å². The largest absolute Gasteiger partial charge is 0.506 e. The van der Waals surface area contributed by atoms with Crippen LogP contribution in [-0.2, 0) is 9.53 Å². The van der Waals surface area contributed by atoms with E-state index in [0.29, 0.717) is 5.56 Å². The van der Waals surface area contributed by atoms with E-state index in [1.807, 2.05) is 0 Å². The number of phenols is 1. The number of carbonyl (C=O) groups is 1. The smallest absolute Gasteiger partial charge is 0.317 e. The molecule has 0 bridgehead atoms. The Kier molecular flexibility index (Phi) is 4.02. The van der Waals surface area contributed by atoms with Gasteiger partial charge in [0.15, 0.2) is 0 Å². The molecule has 15 heavy (non-hydrogen) atoms. The topological polar surface area (TPSA) is 46.5 Å². The van der Waals surface area contributed by atoms with Gasteiger partial charge in [-0.05, 0) is 18.2 Å². The molecule has 1 aromatic carbocycles. The summed E-state index contributed by atoms with van der Waals surface area (Å²) in [4.78, 5) is 10.7. The van der Waals surface area contributed by atoms with Gasteiger partial charge in [-0.2, -0.15) is 0 Å². The van der Waals surface area contributed by atoms with Crippen LogP contribution < -0.4 is 0 Å². The first kappa shape index (κ1) is 11.4. The van der Waals surface area contributed by atoms with E-state index in [4.69, 9.17) is 11.6 Å². The van der Waals surface area contributed by atoms with E-state index in [1.165, 1.54) is 13.2 Å². The summed E-state index contributed by atoms with van der Waals surface area (Å²) in [5.41, 5.74) is 0.598. The van der Waals surface area contributed by atoms with Gasteiger partial charge >= 0.3 is 5.97 Å². The van der Waals surface area contributed by atoms with Crippen LogP contribution in [0.4, 0.5) is 0 Å². The van der Waals surface area contributed by atoms with Crippen molar-refractivity contribution in [3.63, 3.8) is 0 Å². The number of benzene rings is 1. The lowest BCUT2D eigenvalue weighted by Gasteiger charge is -1.95. The molecule has 0 aliphatic rings. The zero-order valence-electron chi connectivity index (χ0n) is 8.08. The van der Waals surface area contributed by atoms with Crippen LogP contribution in [0.2, 0.25) is 5.02 Å². The molecule has 0 aliphatic carbocycles. The van der Waals surface area contributed by atoms with Crippen LogP contribution in [0, 0.1) is 11.8 Å². The highest BCUT2D eigenvalue weighted by atomic mass is 35.5. The predicted molar refractivity (Wildman–Crippen MR) is 56.6 cm³/mol. The molecule has 78 valence electrons. The molecule has 0 saturated carbocycles. The van der Waals surface area contributed by atoms with Crippen molar-refractivity contribution in [2.24, 2.45) is 0 Å². The standard InChI is InChI=1S/C11H9ClO3/c1-15-11(14)4-2-3-8-5-6-9(12)10(13)7-8/h5-7,13H,4H2,1H3. The molecule has 0 aromatic heterocycles. The summed E-state index contributed by atoms with van der Waals surface area (Å²) in [6.07, 6.45) is 0.0277. The molecule has 0 radical (unpaired) electrons. The molecule has 0 unspecified atom stereocenters. The second kappa shape index (κ2) is 5.28. The lowest BCUT2D eigenvalue weighted by Crippen LogP contribution is -1.96. The Balaban J connectivity index is 2.72. The number of carbonyl (C=O) groups excluding carboxylic acids is 1. The summed E-state index contributed by atoms with van der Waals surface area (Å²) in [6.45, 7) is 0. The predicted octanol–water partition coefficient (Wildman–Crippen LogP) is 1.96. The first-order valence-electron chi connectivity index (χ1n) is 4.17. The van der Waals surface area contributed by atoms with Crippen molar-refractivity contribution in [1.29, 1.82) is 0 Å². The Bertz CT molecular complexity index is 429. The summed E-state index contributed by atoms with van der Waals surface area (Å²) >= 11 is 5.62. The average Bonchev–Trinajstić information content (AvgIpc) is 2.23. The fraction of sp³-hybridized carbons (Fsp3) is 0.182. The van der Waals surface area contributed by atoms with Gasteiger partial charge in [0.2, 0.25) is 0 Å². The van der Waals surface area contributed by atoms with Crippen LogP contribution in [-0.4, -0.2) is 18.2 Å². The maximum atomic E-state index is 10.7. The SMILES string of the molecule is COC(=O)CC#Cc1ccc(Cl)c(O)c1. The first-order valence-corrected chi connectivity index (χ1v) is 4.55. The number of rotatable bonds is 1. The Labute approximate surface area is 92.6 Å². The molecule has 0 heterocycles. The Morgan fingerprint density at radius 1 is 1.60 bits per heavy atom. The van der Waals surface area contributed by atoms with E-state index >= 15 is 0 Å². The third-order valence-electron chi connectivity index (χ3n) is 1.64. The molecule has 3 nitrogen and oxygen atoms in total. The molecule has 0 atom stereocenters. The fourth-order valence-electron chi connectivity index (χ4n) is 0.881. The van der Waals surface area contributed by atoms with Gasteiger partial charge in [0.05, 0.1) is 12.1 Å². The van der Waals surface area contributed by atoms with E-state index in [2.05, 4.69) is 16.6 Å². The third kappa shape index (κ3) is 3.53. The molecule has 0 amide bonds. The third-order valence-corrected chi connectivity index (χ3v) is 1.96. The highest BCUT2D eigenvalue weighted by Gasteiger charge is 1.98. The Morgan fingerprint density at radius 3 is 2.93 bits per heavy atom. The van der Waals surface area contributed by atoms with Crippen LogP contribution in [0.15, 0.2) is 18.2 Å². The minimum atomic E-state index is -0.388. The van der Waals surface area contributed by atoms with E-state index in [0.717, 1.165) is 0 Å². The van der Waals surface area contributed by atoms with Crippen LogP contribution in [0.1, 0.15) is 12.0 Å². The minimum Gasteiger partial charge on any atom is -0.506 e. The van der Waals surface area contributed by atoms with Gasteiger partial charge in [0, 0.05) is 5.56 Å². The monoisotopic (exact) mass is 224 g/mol. The van der Waals surface area contributed by atoms with Gasteiger partial charge in [-0.25, -0.2) is 0 Å². The van der Waals surface area contributed by atoms with Crippen LogP contribution >= 0.6 is 11.6 Å². The summed E-state index contributed by atoms with van der Waals surface area (Å²) < 4.78 is 4.42. The van der Waals surface area contributed by atoms with Crippen molar-refractivity contribution in [1.82, 2.24) is 0 Å². The zero-order chi connectivity index (χ0) is 11.3. The van der Waals surface area contributed by atoms with Gasteiger partial charge in [-0.1, -0.05) is 23.4 Å². The summed E-state index contributed by atoms with van der Waals surface area (Å²) in [6, 6.07) is 4.64. The molecule has 1 rings (SSSR count). The van der Waals surface area contributed by atoms with Crippen LogP contribution in [0.25, 0.3) is 0 Å². The molecule has 4 heteroatoms. The van der Waals surface area contributed by atoms with Crippen LogP contribution in [0.5, 0.6) is 5.75 Å². The number of hydrogen-bond acceptors (Lipinski definition) is 3. The van der Waals surface area contributed by atoms with Gasteiger partial charge < -0.3 is 9.84 Å². The van der Waals surface area contributed by atoms with E-state index in [1.54, 1.807) is 12.1 Å². The van der Waals surface area contributed by atoms with Gasteiger partial charge in [-0.15, -0.1) is 0 Å². The molecule has 0 spiro atoms. The number of ether oxygens (including phenoxy) is 1. The molecule has 0 fully saturated rings. The number of phenolic OH excluding ortho intramolecular Hbond substituents is 1. The van der Waals surface area contributed by atoms with Crippen LogP contribution in [0.3, 0.4) is 0 Å². The minimum absolute atomic E-state index is 0.0264. The van der Waals surface area contributed by atoms with Crippen molar-refractivity contribution in [3.05, 3.63) is 28.8 Å². The van der Waals surface area contributed by atoms with E-state index in [-0.39, 0.29) is 23.2 Å². The molecule has 0 saturated heterocycles. The highest BCUT2D eigenvalue weighted by molar-refractivity contribution is 6.32. The second-order valence-corrected chi connectivity index (χ2v) is 3.13. The Morgan fingerprint density at radius 2 is 2.33 bits per heavy atom. The summed E-state index contributed by atoms with van der Waals surface area (Å²) in [5.74, 6) is 4.91. The van der Waals surface area contributed by atoms with Gasteiger partial charge in [0.25, 0.3) is 0 Å². The number of esters is 1. The molecular weight excluding hydrogens is 216 g/mol. The Hall–Kier alpha value is -1.66. The zero-order valence-corrected chi connectivity index (χ0v) is 8.84. The number of hydrogen-bond donors (Lipinski definition) is 1. The van der Waals surface area contributed by atoms with Gasteiger partial charge in [-0.3, -0.25) is 4.79 Å². The molecule has 1 aromatic rings. The maximum Gasteiger partial charge on any atom is 0.317 e. The average molecular weight is 225 g/mol. The fourth-order valence-corrected chi connectivity index (χ4v) is 0.999. The van der Waals surface area contributed by atoms with Crippen molar-refractivity contribution < 1.29 is 14.6 Å². The number of halogens is 1. The van der Waals surface area contributed by atoms with E-state index in [9.17, 15) is 9.90 Å². The van der Waals surface area contributed by atoms with Crippen molar-refractivity contribution >= 4 is 17.6 Å². The lowest BCUT2D eigenvalue weighted by atomic mass is 10.2. The first-order chi connectivity index (χ1) is 7.13. The quantitative estimate of drug-likeness (QED) is 0.586. The van der Waals surface area contributed by atoms with Gasteiger partial charge in [0.1, 0.15) is 12.2 Å². The van der Waals surface area contributed by atoms with Crippen molar-refractivity contribution in [2.45, 2.75) is 6.42 Å². The normalized spacial score (nSPS) is 8.93. The van der Waals surface area contributed by atoms with Crippen molar-refractivity contribution in [3.8, 4) is 17.6 Å². The maximum absolute atomic E-state index is 10.7. The number of aromatic hydroxyl groups is 1. The number of methoxy groups -OCH3 is 1. The summed E-state index contributed by atoms with van der Waals surface area (Å²) in [7, 11) is 1.30. The molecule has 1 N–H and O–H groups in total. The van der Waals surface area contributed by atoms with E-state index < -0.39 is 0 Å². The lowest BCUT2D eigenvalue weighted by molar-refractivity contribution is -0.139. The molecule has 0 aliphatic heterocycles. The second-order valence-electron chi connectivity index (χ2n) is 2.72. The molecular formula is C11H9ClO3. The summed E-state index contributed by atoms with van der Waals surface area (Å²) in [5, 5.41) is 9.54.